The van der Waals surface area contributed by atoms with E-state index in [2.05, 4.69) is 36.3 Å². The van der Waals surface area contributed by atoms with E-state index in [1.807, 2.05) is 69.4 Å². The zero-order valence-electron chi connectivity index (χ0n) is 17.6. The largest absolute Gasteiger partial charge is 0.347 e. The number of pyridine rings is 1. The van der Waals surface area contributed by atoms with Gasteiger partial charge in [-0.1, -0.05) is 43.6 Å². The van der Waals surface area contributed by atoms with Crippen LogP contribution in [0.4, 0.5) is 0 Å². The quantitative estimate of drug-likeness (QED) is 0.522. The van der Waals surface area contributed by atoms with Gasteiger partial charge in [0.1, 0.15) is 0 Å². The number of aromatic nitrogens is 1. The number of benzene rings is 2. The lowest BCUT2D eigenvalue weighted by Crippen LogP contribution is -2.40. The fraction of sp³-hybridized carbons (Fsp3) is 0.280. The first-order valence-electron chi connectivity index (χ1n) is 9.83. The number of halogens is 1. The highest BCUT2D eigenvalue weighted by Crippen LogP contribution is 2.32. The van der Waals surface area contributed by atoms with Gasteiger partial charge in [0, 0.05) is 27.9 Å². The summed E-state index contributed by atoms with van der Waals surface area (Å²) >= 11 is 6.06. The van der Waals surface area contributed by atoms with Gasteiger partial charge in [-0.15, -0.1) is 0 Å². The first kappa shape index (κ1) is 21.1. The van der Waals surface area contributed by atoms with Crippen LogP contribution in [0.2, 0.25) is 5.02 Å². The van der Waals surface area contributed by atoms with Gasteiger partial charge in [-0.3, -0.25) is 9.78 Å². The number of nitrogens with zero attached hydrogens (tertiary/aromatic N) is 1. The van der Waals surface area contributed by atoms with Gasteiger partial charge in [-0.25, -0.2) is 0 Å². The van der Waals surface area contributed by atoms with Crippen molar-refractivity contribution < 1.29 is 4.79 Å². The van der Waals surface area contributed by atoms with Gasteiger partial charge in [0.05, 0.1) is 5.69 Å². The van der Waals surface area contributed by atoms with Crippen LogP contribution >= 0.6 is 11.6 Å². The summed E-state index contributed by atoms with van der Waals surface area (Å²) in [5.74, 6) is 0.182. The third-order valence-corrected chi connectivity index (χ3v) is 4.81. The molecule has 3 nitrogen and oxygen atoms in total. The van der Waals surface area contributed by atoms with E-state index < -0.39 is 0 Å². The third-order valence-electron chi connectivity index (χ3n) is 4.56. The molecule has 150 valence electrons. The molecule has 0 unspecified atom stereocenters. The van der Waals surface area contributed by atoms with Crippen molar-refractivity contribution in [3.05, 3.63) is 77.1 Å². The Hall–Kier alpha value is -2.65. The molecule has 4 heteroatoms. The Kier molecular flexibility index (Phi) is 6.09. The number of amides is 1. The molecule has 1 heterocycles. The van der Waals surface area contributed by atoms with E-state index in [0.717, 1.165) is 27.9 Å². The lowest BCUT2D eigenvalue weighted by atomic mass is 9.92. The van der Waals surface area contributed by atoms with Gasteiger partial charge in [0.25, 0.3) is 5.91 Å². The summed E-state index contributed by atoms with van der Waals surface area (Å²) in [5, 5.41) is 3.75. The Morgan fingerprint density at radius 2 is 1.62 bits per heavy atom. The summed E-state index contributed by atoms with van der Waals surface area (Å²) < 4.78 is 0. The van der Waals surface area contributed by atoms with E-state index in [9.17, 15) is 4.79 Å². The minimum Gasteiger partial charge on any atom is -0.347 e. The van der Waals surface area contributed by atoms with E-state index in [0.29, 0.717) is 10.6 Å². The normalized spacial score (nSPS) is 11.6. The maximum absolute atomic E-state index is 13.0. The van der Waals surface area contributed by atoms with Crippen LogP contribution in [-0.2, 0) is 0 Å². The second-order valence-electron chi connectivity index (χ2n) is 8.60. The summed E-state index contributed by atoms with van der Waals surface area (Å²) in [4.78, 5) is 17.5. The predicted molar refractivity (Wildman–Crippen MR) is 121 cm³/mol. The van der Waals surface area contributed by atoms with Gasteiger partial charge in [0.2, 0.25) is 0 Å². The summed E-state index contributed by atoms with van der Waals surface area (Å²) in [7, 11) is 0. The third kappa shape index (κ3) is 5.24. The van der Waals surface area contributed by atoms with Crippen LogP contribution < -0.4 is 5.32 Å². The van der Waals surface area contributed by atoms with Gasteiger partial charge in [-0.05, 0) is 79.8 Å². The van der Waals surface area contributed by atoms with Crippen LogP contribution in [0.25, 0.3) is 22.3 Å². The smallest absolute Gasteiger partial charge is 0.251 e. The molecule has 0 bridgehead atoms. The van der Waals surface area contributed by atoms with Crippen LogP contribution in [0, 0.1) is 0 Å². The Labute approximate surface area is 178 Å². The van der Waals surface area contributed by atoms with E-state index >= 15 is 0 Å². The monoisotopic (exact) mass is 406 g/mol. The first-order chi connectivity index (χ1) is 13.6. The van der Waals surface area contributed by atoms with Crippen LogP contribution in [0.5, 0.6) is 0 Å². The number of nitrogens with one attached hydrogen (secondary N) is 1. The van der Waals surface area contributed by atoms with Gasteiger partial charge in [0.15, 0.2) is 0 Å². The number of carbonyl (C=O) groups excluding carboxylic acids is 1. The van der Waals surface area contributed by atoms with E-state index in [1.54, 1.807) is 0 Å². The Bertz CT molecular complexity index is 1020. The van der Waals surface area contributed by atoms with Crippen LogP contribution in [0.15, 0.2) is 60.8 Å². The predicted octanol–water partition coefficient (Wildman–Crippen LogP) is 6.72. The van der Waals surface area contributed by atoms with Gasteiger partial charge >= 0.3 is 0 Å². The van der Waals surface area contributed by atoms with Crippen molar-refractivity contribution in [1.29, 1.82) is 0 Å². The molecule has 3 rings (SSSR count). The molecule has 0 aliphatic carbocycles. The first-order valence-corrected chi connectivity index (χ1v) is 10.2. The number of hydrogen-bond acceptors (Lipinski definition) is 2. The maximum Gasteiger partial charge on any atom is 0.251 e. The molecule has 0 spiro atoms. The van der Waals surface area contributed by atoms with E-state index in [4.69, 9.17) is 11.6 Å². The standard InChI is InChI=1S/C25H27ClN2O/c1-16(2)23-22(7-6-12-27-23)19-13-18(17-8-10-21(26)11-9-17)14-20(15-19)24(29)28-25(3,4)5/h6-16H,1-5H3,(H,28,29). The van der Waals surface area contributed by atoms with Crippen molar-refractivity contribution in [1.82, 2.24) is 10.3 Å². The highest BCUT2D eigenvalue weighted by atomic mass is 35.5. The molecule has 0 fully saturated rings. The number of rotatable bonds is 4. The fourth-order valence-electron chi connectivity index (χ4n) is 3.26. The molecule has 1 N–H and O–H groups in total. The van der Waals surface area contributed by atoms with Crippen molar-refractivity contribution >= 4 is 17.5 Å². The summed E-state index contributed by atoms with van der Waals surface area (Å²) in [5.41, 5.74) is 5.33. The summed E-state index contributed by atoms with van der Waals surface area (Å²) in [6.45, 7) is 10.2. The minimum atomic E-state index is -0.315. The molecule has 0 aliphatic heterocycles. The lowest BCUT2D eigenvalue weighted by molar-refractivity contribution is 0.0919. The molecule has 1 amide bonds. The van der Waals surface area contributed by atoms with Crippen molar-refractivity contribution in [2.45, 2.75) is 46.1 Å². The summed E-state index contributed by atoms with van der Waals surface area (Å²) in [6.07, 6.45) is 1.81. The van der Waals surface area contributed by atoms with E-state index in [-0.39, 0.29) is 17.4 Å². The van der Waals surface area contributed by atoms with Crippen LogP contribution in [0.3, 0.4) is 0 Å². The molecular weight excluding hydrogens is 380 g/mol. The molecule has 3 aromatic rings. The number of carbonyl (C=O) groups is 1. The molecule has 29 heavy (non-hydrogen) atoms. The van der Waals surface area contributed by atoms with Crippen LogP contribution in [0.1, 0.15) is 56.6 Å². The zero-order valence-corrected chi connectivity index (χ0v) is 18.3. The average molecular weight is 407 g/mol. The van der Waals surface area contributed by atoms with Crippen LogP contribution in [-0.4, -0.2) is 16.4 Å². The minimum absolute atomic E-state index is 0.0930. The SMILES string of the molecule is CC(C)c1ncccc1-c1cc(C(=O)NC(C)(C)C)cc(-c2ccc(Cl)cc2)c1. The topological polar surface area (TPSA) is 42.0 Å². The molecule has 0 radical (unpaired) electrons. The van der Waals surface area contributed by atoms with Crippen molar-refractivity contribution in [2.75, 3.05) is 0 Å². The Morgan fingerprint density at radius 3 is 2.24 bits per heavy atom. The Morgan fingerprint density at radius 1 is 0.966 bits per heavy atom. The fourth-order valence-corrected chi connectivity index (χ4v) is 3.38. The molecular formula is C25H27ClN2O. The second-order valence-corrected chi connectivity index (χ2v) is 9.04. The zero-order chi connectivity index (χ0) is 21.2. The van der Waals surface area contributed by atoms with Gasteiger partial charge < -0.3 is 5.32 Å². The highest BCUT2D eigenvalue weighted by molar-refractivity contribution is 6.30. The van der Waals surface area contributed by atoms with E-state index in [1.165, 1.54) is 0 Å². The Balaban J connectivity index is 2.18. The molecule has 0 saturated heterocycles. The van der Waals surface area contributed by atoms with Crippen molar-refractivity contribution in [3.63, 3.8) is 0 Å². The lowest BCUT2D eigenvalue weighted by Gasteiger charge is -2.21. The number of hydrogen-bond donors (Lipinski definition) is 1. The molecule has 0 aliphatic rings. The average Bonchev–Trinajstić information content (AvgIpc) is 2.67. The maximum atomic E-state index is 13.0. The molecule has 0 atom stereocenters. The summed E-state index contributed by atoms with van der Waals surface area (Å²) in [6, 6.07) is 17.7. The highest BCUT2D eigenvalue weighted by Gasteiger charge is 2.18. The van der Waals surface area contributed by atoms with Gasteiger partial charge in [-0.2, -0.15) is 0 Å². The second kappa shape index (κ2) is 8.38. The molecule has 2 aromatic carbocycles. The van der Waals surface area contributed by atoms with Crippen molar-refractivity contribution in [3.8, 4) is 22.3 Å². The van der Waals surface area contributed by atoms with Crippen molar-refractivity contribution in [2.24, 2.45) is 0 Å². The molecule has 1 aromatic heterocycles. The molecule has 0 saturated carbocycles.